The third kappa shape index (κ3) is 2.98. The normalized spacial score (nSPS) is 24.6. The first-order chi connectivity index (χ1) is 13.1. The van der Waals surface area contributed by atoms with Gasteiger partial charge in [0.25, 0.3) is 5.91 Å². The Morgan fingerprint density at radius 2 is 1.74 bits per heavy atom. The van der Waals surface area contributed by atoms with E-state index in [2.05, 4.69) is 0 Å². The van der Waals surface area contributed by atoms with Crippen molar-refractivity contribution in [3.63, 3.8) is 0 Å². The van der Waals surface area contributed by atoms with Crippen LogP contribution < -0.4 is 5.06 Å². The second-order valence-electron chi connectivity index (χ2n) is 6.53. The molecule has 4 rings (SSSR count). The van der Waals surface area contributed by atoms with Gasteiger partial charge in [-0.05, 0) is 29.8 Å². The Bertz CT molecular complexity index is 843. The molecule has 7 heteroatoms. The van der Waals surface area contributed by atoms with Gasteiger partial charge in [-0.2, -0.15) is 0 Å². The highest BCUT2D eigenvalue weighted by Gasteiger charge is 2.59. The van der Waals surface area contributed by atoms with Gasteiger partial charge in [0.2, 0.25) is 5.91 Å². The highest BCUT2D eigenvalue weighted by molar-refractivity contribution is 6.07. The fourth-order valence-corrected chi connectivity index (χ4v) is 3.67. The number of imide groups is 1. The Hall–Kier alpha value is -2.77. The molecule has 2 aromatic carbocycles. The Labute approximate surface area is 156 Å². The molecule has 3 atom stereocenters. The number of ether oxygens (including phenoxy) is 1. The van der Waals surface area contributed by atoms with Crippen LogP contribution in [0, 0.1) is 11.7 Å². The van der Waals surface area contributed by atoms with Gasteiger partial charge in [0.1, 0.15) is 11.7 Å². The Morgan fingerprint density at radius 1 is 1.04 bits per heavy atom. The first kappa shape index (κ1) is 17.6. The molecule has 0 spiro atoms. The first-order valence-electron chi connectivity index (χ1n) is 8.72. The molecule has 2 heterocycles. The molecular formula is C20H19FN2O4. The number of hydroxylamine groups is 1. The van der Waals surface area contributed by atoms with Crippen molar-refractivity contribution in [2.24, 2.45) is 5.92 Å². The molecule has 0 aliphatic carbocycles. The van der Waals surface area contributed by atoms with Crippen LogP contribution in [0.15, 0.2) is 54.6 Å². The molecule has 0 N–H and O–H groups in total. The summed E-state index contributed by atoms with van der Waals surface area (Å²) in [5.41, 5.74) is 1.44. The number of halogens is 1. The highest BCUT2D eigenvalue weighted by Crippen LogP contribution is 2.46. The van der Waals surface area contributed by atoms with E-state index < -0.39 is 18.1 Å². The lowest BCUT2D eigenvalue weighted by Gasteiger charge is -2.28. The summed E-state index contributed by atoms with van der Waals surface area (Å²) in [6.45, 7) is 0.451. The second-order valence-corrected chi connectivity index (χ2v) is 6.53. The average Bonchev–Trinajstić information content (AvgIpc) is 3.19. The molecule has 140 valence electrons. The maximum Gasteiger partial charge on any atom is 0.262 e. The number of carbonyl (C=O) groups excluding carboxylic acids is 2. The topological polar surface area (TPSA) is 59.1 Å². The summed E-state index contributed by atoms with van der Waals surface area (Å²) in [6, 6.07) is 14.7. The standard InChI is InChI=1S/C20H19FN2O4/c1-26-12-11-22-19(24)16-17(13-7-9-14(21)10-8-13)23(27-18(16)20(22)25)15-5-3-2-4-6-15/h2-10,16-18H,11-12H2,1H3/t16-,17-,18+/m1/s1. The summed E-state index contributed by atoms with van der Waals surface area (Å²) in [5, 5.41) is 1.59. The third-order valence-electron chi connectivity index (χ3n) is 4.95. The van der Waals surface area contributed by atoms with E-state index in [1.165, 1.54) is 24.1 Å². The van der Waals surface area contributed by atoms with Gasteiger partial charge >= 0.3 is 0 Å². The molecule has 2 aromatic rings. The lowest BCUT2D eigenvalue weighted by atomic mass is 9.90. The largest absolute Gasteiger partial charge is 0.383 e. The van der Waals surface area contributed by atoms with Gasteiger partial charge in [0.05, 0.1) is 24.9 Å². The smallest absolute Gasteiger partial charge is 0.262 e. The summed E-state index contributed by atoms with van der Waals surface area (Å²) < 4.78 is 18.4. The van der Waals surface area contributed by atoms with Crippen LogP contribution in [-0.2, 0) is 19.2 Å². The van der Waals surface area contributed by atoms with Crippen LogP contribution in [0.4, 0.5) is 10.1 Å². The van der Waals surface area contributed by atoms with Crippen molar-refractivity contribution in [2.75, 3.05) is 25.3 Å². The van der Waals surface area contributed by atoms with Crippen LogP contribution in [-0.4, -0.2) is 43.1 Å². The number of para-hydroxylation sites is 1. The van der Waals surface area contributed by atoms with Crippen molar-refractivity contribution < 1.29 is 23.6 Å². The van der Waals surface area contributed by atoms with Crippen molar-refractivity contribution >= 4 is 17.5 Å². The molecule has 0 radical (unpaired) electrons. The molecule has 6 nitrogen and oxygen atoms in total. The number of anilines is 1. The number of benzene rings is 2. The van der Waals surface area contributed by atoms with Crippen LogP contribution in [0.3, 0.4) is 0 Å². The maximum absolute atomic E-state index is 13.4. The van der Waals surface area contributed by atoms with Crippen molar-refractivity contribution in [3.05, 3.63) is 66.0 Å². The summed E-state index contributed by atoms with van der Waals surface area (Å²) in [4.78, 5) is 32.9. The third-order valence-corrected chi connectivity index (χ3v) is 4.95. The Kier molecular flexibility index (Phi) is 4.63. The van der Waals surface area contributed by atoms with Crippen molar-refractivity contribution in [3.8, 4) is 0 Å². The van der Waals surface area contributed by atoms with Crippen molar-refractivity contribution in [2.45, 2.75) is 12.1 Å². The minimum Gasteiger partial charge on any atom is -0.383 e. The van der Waals surface area contributed by atoms with E-state index in [0.29, 0.717) is 5.56 Å². The summed E-state index contributed by atoms with van der Waals surface area (Å²) in [7, 11) is 1.51. The van der Waals surface area contributed by atoms with E-state index in [9.17, 15) is 14.0 Å². The Morgan fingerprint density at radius 3 is 2.41 bits per heavy atom. The fraction of sp³-hybridized carbons (Fsp3) is 0.300. The van der Waals surface area contributed by atoms with Crippen LogP contribution in [0.5, 0.6) is 0 Å². The molecule has 0 bridgehead atoms. The molecule has 2 aliphatic heterocycles. The van der Waals surface area contributed by atoms with E-state index >= 15 is 0 Å². The van der Waals surface area contributed by atoms with Gasteiger partial charge in [-0.3, -0.25) is 19.3 Å². The number of methoxy groups -OCH3 is 1. The van der Waals surface area contributed by atoms with Gasteiger partial charge in [-0.15, -0.1) is 0 Å². The molecular weight excluding hydrogens is 351 g/mol. The van der Waals surface area contributed by atoms with E-state index in [-0.39, 0.29) is 30.8 Å². The minimum absolute atomic E-state index is 0.187. The number of likely N-dealkylation sites (tertiary alicyclic amines) is 1. The fourth-order valence-electron chi connectivity index (χ4n) is 3.67. The second kappa shape index (κ2) is 7.09. The molecule has 0 aromatic heterocycles. The van der Waals surface area contributed by atoms with Crippen molar-refractivity contribution in [1.29, 1.82) is 0 Å². The van der Waals surface area contributed by atoms with Gasteiger partial charge in [-0.1, -0.05) is 30.3 Å². The van der Waals surface area contributed by atoms with Gasteiger partial charge in [0.15, 0.2) is 6.10 Å². The molecule has 2 saturated heterocycles. The number of carbonyl (C=O) groups is 2. The number of fused-ring (bicyclic) bond motifs is 1. The van der Waals surface area contributed by atoms with E-state index in [1.807, 2.05) is 30.3 Å². The number of nitrogens with zero attached hydrogens (tertiary/aromatic N) is 2. The zero-order valence-corrected chi connectivity index (χ0v) is 14.7. The van der Waals surface area contributed by atoms with Gasteiger partial charge in [-0.25, -0.2) is 9.45 Å². The van der Waals surface area contributed by atoms with E-state index in [4.69, 9.17) is 9.57 Å². The monoisotopic (exact) mass is 370 g/mol. The molecule has 2 aliphatic rings. The SMILES string of the molecule is COCCN1C(=O)[C@H]2[C@H](ON(c3ccccc3)[C@@H]2c2ccc(F)cc2)C1=O. The predicted molar refractivity (Wildman–Crippen MR) is 95.0 cm³/mol. The van der Waals surface area contributed by atoms with Gasteiger partial charge < -0.3 is 4.74 Å². The lowest BCUT2D eigenvalue weighted by molar-refractivity contribution is -0.143. The lowest BCUT2D eigenvalue weighted by Crippen LogP contribution is -2.39. The number of rotatable bonds is 5. The maximum atomic E-state index is 13.4. The van der Waals surface area contributed by atoms with Gasteiger partial charge in [0, 0.05) is 7.11 Å². The van der Waals surface area contributed by atoms with Crippen molar-refractivity contribution in [1.82, 2.24) is 4.90 Å². The zero-order chi connectivity index (χ0) is 19.0. The highest BCUT2D eigenvalue weighted by atomic mass is 19.1. The quantitative estimate of drug-likeness (QED) is 0.756. The zero-order valence-electron chi connectivity index (χ0n) is 14.7. The molecule has 2 fully saturated rings. The van der Waals surface area contributed by atoms with E-state index in [0.717, 1.165) is 5.69 Å². The molecule has 2 amide bonds. The number of hydrogen-bond donors (Lipinski definition) is 0. The van der Waals surface area contributed by atoms with Crippen LogP contribution in [0.2, 0.25) is 0 Å². The molecule has 0 unspecified atom stereocenters. The minimum atomic E-state index is -0.899. The number of hydrogen-bond acceptors (Lipinski definition) is 5. The first-order valence-corrected chi connectivity index (χ1v) is 8.72. The number of amides is 2. The van der Waals surface area contributed by atoms with Crippen LogP contribution in [0.1, 0.15) is 11.6 Å². The summed E-state index contributed by atoms with van der Waals surface area (Å²) in [5.74, 6) is -1.72. The summed E-state index contributed by atoms with van der Waals surface area (Å²) in [6.07, 6.45) is -0.899. The predicted octanol–water partition coefficient (Wildman–Crippen LogP) is 2.32. The van der Waals surface area contributed by atoms with Crippen LogP contribution in [0.25, 0.3) is 0 Å². The van der Waals surface area contributed by atoms with Crippen LogP contribution >= 0.6 is 0 Å². The average molecular weight is 370 g/mol. The molecule has 27 heavy (non-hydrogen) atoms. The molecule has 0 saturated carbocycles. The Balaban J connectivity index is 1.73. The summed E-state index contributed by atoms with van der Waals surface area (Å²) >= 11 is 0. The van der Waals surface area contributed by atoms with E-state index in [1.54, 1.807) is 17.2 Å².